The van der Waals surface area contributed by atoms with Crippen LogP contribution in [0.5, 0.6) is 17.2 Å². The van der Waals surface area contributed by atoms with Crippen molar-refractivity contribution in [1.82, 2.24) is 15.2 Å². The Balaban J connectivity index is 1.95. The van der Waals surface area contributed by atoms with Gasteiger partial charge in [-0.15, -0.1) is 5.10 Å². The molecule has 1 saturated heterocycles. The zero-order valence-electron chi connectivity index (χ0n) is 15.6. The molecule has 0 radical (unpaired) electrons. The number of hydrogen-bond donors (Lipinski definition) is 0. The lowest BCUT2D eigenvalue weighted by molar-refractivity contribution is 0.0889. The number of piperidine rings is 1. The summed E-state index contributed by atoms with van der Waals surface area (Å²) in [7, 11) is 6.49. The summed E-state index contributed by atoms with van der Waals surface area (Å²) in [4.78, 5) is 6.79. The Hall–Kier alpha value is -2.61. The zero-order chi connectivity index (χ0) is 18.5. The van der Waals surface area contributed by atoms with Gasteiger partial charge in [-0.25, -0.2) is 4.98 Å². The SMILES string of the molecule is COc1cc(-c2cnnc(N3CCCC(OC)C3)n2)cc(OC)c1OC. The number of aromatic nitrogens is 3. The molecule has 3 rings (SSSR count). The first-order chi connectivity index (χ1) is 12.7. The van der Waals surface area contributed by atoms with Crippen molar-refractivity contribution in [3.05, 3.63) is 18.3 Å². The van der Waals surface area contributed by atoms with Gasteiger partial charge < -0.3 is 23.8 Å². The highest BCUT2D eigenvalue weighted by Gasteiger charge is 2.22. The third-order valence-electron chi connectivity index (χ3n) is 4.50. The predicted octanol–water partition coefficient (Wildman–Crippen LogP) is 2.18. The topological polar surface area (TPSA) is 78.8 Å². The van der Waals surface area contributed by atoms with Crippen LogP contribution < -0.4 is 19.1 Å². The minimum atomic E-state index is 0.192. The summed E-state index contributed by atoms with van der Waals surface area (Å²) >= 11 is 0. The van der Waals surface area contributed by atoms with Crippen LogP contribution in [0.1, 0.15) is 12.8 Å². The normalized spacial score (nSPS) is 17.1. The first-order valence-electron chi connectivity index (χ1n) is 8.48. The molecule has 8 nitrogen and oxygen atoms in total. The van der Waals surface area contributed by atoms with Gasteiger partial charge in [-0.2, -0.15) is 5.10 Å². The van der Waals surface area contributed by atoms with Crippen LogP contribution in [0.15, 0.2) is 18.3 Å². The molecule has 8 heteroatoms. The molecule has 0 spiro atoms. The number of methoxy groups -OCH3 is 4. The Labute approximate surface area is 153 Å². The van der Waals surface area contributed by atoms with Crippen LogP contribution in [-0.2, 0) is 4.74 Å². The molecule has 26 heavy (non-hydrogen) atoms. The van der Waals surface area contributed by atoms with E-state index in [4.69, 9.17) is 18.9 Å². The summed E-state index contributed by atoms with van der Waals surface area (Å²) in [5, 5.41) is 8.33. The van der Waals surface area contributed by atoms with E-state index < -0.39 is 0 Å². The fourth-order valence-corrected chi connectivity index (χ4v) is 3.11. The maximum atomic E-state index is 5.48. The second-order valence-electron chi connectivity index (χ2n) is 6.00. The molecule has 1 atom stereocenters. The lowest BCUT2D eigenvalue weighted by Crippen LogP contribution is -2.40. The van der Waals surface area contributed by atoms with Crippen molar-refractivity contribution in [2.45, 2.75) is 18.9 Å². The number of ether oxygens (including phenoxy) is 4. The van der Waals surface area contributed by atoms with Gasteiger partial charge in [-0.3, -0.25) is 0 Å². The van der Waals surface area contributed by atoms with E-state index in [-0.39, 0.29) is 6.10 Å². The van der Waals surface area contributed by atoms with Crippen LogP contribution in [0, 0.1) is 0 Å². The van der Waals surface area contributed by atoms with Gasteiger partial charge in [-0.1, -0.05) is 0 Å². The second-order valence-corrected chi connectivity index (χ2v) is 6.00. The molecule has 0 amide bonds. The fourth-order valence-electron chi connectivity index (χ4n) is 3.11. The quantitative estimate of drug-likeness (QED) is 0.776. The summed E-state index contributed by atoms with van der Waals surface area (Å²) in [6.07, 6.45) is 3.91. The van der Waals surface area contributed by atoms with Crippen LogP contribution in [0.4, 0.5) is 5.95 Å². The van der Waals surface area contributed by atoms with E-state index in [1.54, 1.807) is 34.6 Å². The summed E-state index contributed by atoms with van der Waals surface area (Å²) in [5.74, 6) is 2.27. The molecule has 1 aromatic heterocycles. The molecule has 1 unspecified atom stereocenters. The molecule has 1 aliphatic heterocycles. The lowest BCUT2D eigenvalue weighted by Gasteiger charge is -2.31. The monoisotopic (exact) mass is 360 g/mol. The molecule has 1 fully saturated rings. The Kier molecular flexibility index (Phi) is 5.72. The number of rotatable bonds is 6. The first-order valence-corrected chi connectivity index (χ1v) is 8.48. The molecule has 140 valence electrons. The van der Waals surface area contributed by atoms with Crippen LogP contribution in [-0.4, -0.2) is 62.8 Å². The van der Waals surface area contributed by atoms with Gasteiger partial charge in [0, 0.05) is 25.8 Å². The zero-order valence-corrected chi connectivity index (χ0v) is 15.6. The summed E-state index contributed by atoms with van der Waals surface area (Å²) in [5.41, 5.74) is 1.50. The molecular formula is C18H24N4O4. The number of hydrogen-bond acceptors (Lipinski definition) is 8. The standard InChI is InChI=1S/C18H24N4O4/c1-23-13-6-5-7-22(11-13)18-20-14(10-19-21-18)12-8-15(24-2)17(26-4)16(9-12)25-3/h8-10,13H,5-7,11H2,1-4H3. The Morgan fingerprint density at radius 3 is 2.38 bits per heavy atom. The van der Waals surface area contributed by atoms with Gasteiger partial charge in [0.1, 0.15) is 0 Å². The van der Waals surface area contributed by atoms with Crippen molar-refractivity contribution in [2.75, 3.05) is 46.4 Å². The van der Waals surface area contributed by atoms with E-state index in [9.17, 15) is 0 Å². The summed E-state index contributed by atoms with van der Waals surface area (Å²) < 4.78 is 21.7. The average Bonchev–Trinajstić information content (AvgIpc) is 2.72. The van der Waals surface area contributed by atoms with E-state index in [1.165, 1.54) is 0 Å². The number of benzene rings is 1. The van der Waals surface area contributed by atoms with Gasteiger partial charge in [0.2, 0.25) is 11.7 Å². The van der Waals surface area contributed by atoms with E-state index >= 15 is 0 Å². The molecular weight excluding hydrogens is 336 g/mol. The Bertz CT molecular complexity index is 731. The van der Waals surface area contributed by atoms with Gasteiger partial charge >= 0.3 is 0 Å². The largest absolute Gasteiger partial charge is 0.493 e. The smallest absolute Gasteiger partial charge is 0.245 e. The van der Waals surface area contributed by atoms with Crippen LogP contribution in [0.3, 0.4) is 0 Å². The lowest BCUT2D eigenvalue weighted by atomic mass is 10.1. The molecule has 0 saturated carbocycles. The predicted molar refractivity (Wildman–Crippen MR) is 97.2 cm³/mol. The molecule has 1 aromatic carbocycles. The minimum absolute atomic E-state index is 0.192. The van der Waals surface area contributed by atoms with Crippen LogP contribution >= 0.6 is 0 Å². The van der Waals surface area contributed by atoms with Crippen LogP contribution in [0.2, 0.25) is 0 Å². The van der Waals surface area contributed by atoms with Crippen molar-refractivity contribution < 1.29 is 18.9 Å². The van der Waals surface area contributed by atoms with Gasteiger partial charge in [-0.05, 0) is 25.0 Å². The summed E-state index contributed by atoms with van der Waals surface area (Å²) in [6.45, 7) is 1.65. The van der Waals surface area contributed by atoms with Crippen molar-refractivity contribution in [3.63, 3.8) is 0 Å². The number of anilines is 1. The second kappa shape index (κ2) is 8.18. The molecule has 1 aliphatic rings. The third kappa shape index (κ3) is 3.65. The highest BCUT2D eigenvalue weighted by atomic mass is 16.5. The highest BCUT2D eigenvalue weighted by Crippen LogP contribution is 2.40. The maximum absolute atomic E-state index is 5.48. The molecule has 0 bridgehead atoms. The Morgan fingerprint density at radius 2 is 1.77 bits per heavy atom. The van der Waals surface area contributed by atoms with Crippen molar-refractivity contribution in [3.8, 4) is 28.5 Å². The van der Waals surface area contributed by atoms with E-state index in [0.717, 1.165) is 31.5 Å². The van der Waals surface area contributed by atoms with Gasteiger partial charge in [0.15, 0.2) is 11.5 Å². The molecule has 0 N–H and O–H groups in total. The molecule has 2 aromatic rings. The van der Waals surface area contributed by atoms with E-state index in [0.29, 0.717) is 28.9 Å². The van der Waals surface area contributed by atoms with Crippen molar-refractivity contribution in [1.29, 1.82) is 0 Å². The Morgan fingerprint density at radius 1 is 1.04 bits per heavy atom. The fraction of sp³-hybridized carbons (Fsp3) is 0.500. The van der Waals surface area contributed by atoms with Crippen LogP contribution in [0.25, 0.3) is 11.3 Å². The van der Waals surface area contributed by atoms with E-state index in [1.807, 2.05) is 12.1 Å². The van der Waals surface area contributed by atoms with Crippen molar-refractivity contribution >= 4 is 5.95 Å². The number of nitrogens with zero attached hydrogens (tertiary/aromatic N) is 4. The summed E-state index contributed by atoms with van der Waals surface area (Å²) in [6, 6.07) is 3.70. The molecule has 0 aliphatic carbocycles. The van der Waals surface area contributed by atoms with E-state index in [2.05, 4.69) is 20.1 Å². The first kappa shape index (κ1) is 18.2. The third-order valence-corrected chi connectivity index (χ3v) is 4.50. The van der Waals surface area contributed by atoms with Crippen molar-refractivity contribution in [2.24, 2.45) is 0 Å². The average molecular weight is 360 g/mol. The highest BCUT2D eigenvalue weighted by molar-refractivity contribution is 5.68. The van der Waals surface area contributed by atoms with Gasteiger partial charge in [0.05, 0.1) is 39.3 Å². The minimum Gasteiger partial charge on any atom is -0.493 e. The van der Waals surface area contributed by atoms with Gasteiger partial charge in [0.25, 0.3) is 0 Å². The molecule has 2 heterocycles. The maximum Gasteiger partial charge on any atom is 0.245 e.